The summed E-state index contributed by atoms with van der Waals surface area (Å²) in [6.07, 6.45) is 2.34. The Morgan fingerprint density at radius 2 is 1.59 bits per heavy atom. The lowest BCUT2D eigenvalue weighted by Gasteiger charge is -2.29. The van der Waals surface area contributed by atoms with E-state index in [9.17, 15) is 9.90 Å². The van der Waals surface area contributed by atoms with E-state index in [4.69, 9.17) is 23.1 Å². The second-order valence-electron chi connectivity index (χ2n) is 8.83. The first-order valence-electron chi connectivity index (χ1n) is 11.4. The Balaban J connectivity index is 0.000000245. The van der Waals surface area contributed by atoms with Crippen LogP contribution in [0.25, 0.3) is 0 Å². The lowest BCUT2D eigenvalue weighted by Crippen LogP contribution is -2.20. The van der Waals surface area contributed by atoms with Crippen LogP contribution in [0.2, 0.25) is 0 Å². The first-order valence-corrected chi connectivity index (χ1v) is 14.4. The largest absolute Gasteiger partial charge is 0.508 e. The van der Waals surface area contributed by atoms with E-state index in [2.05, 4.69) is 77.9 Å². The number of carboxylic acid groups (broad SMARTS) is 1. The Labute approximate surface area is 251 Å². The van der Waals surface area contributed by atoms with Crippen LogP contribution in [0, 0.1) is 0 Å². The molecule has 0 amide bonds. The molecule has 0 saturated carbocycles. The van der Waals surface area contributed by atoms with Crippen LogP contribution >= 0.6 is 64.0 Å². The van der Waals surface area contributed by atoms with Crippen LogP contribution in [0.5, 0.6) is 11.5 Å². The van der Waals surface area contributed by atoms with Crippen molar-refractivity contribution in [3.8, 4) is 11.5 Å². The molecule has 0 radical (unpaired) electrons. The van der Waals surface area contributed by atoms with Crippen LogP contribution in [0.3, 0.4) is 0 Å². The molecule has 0 bridgehead atoms. The quantitative estimate of drug-likeness (QED) is 0.163. The van der Waals surface area contributed by atoms with Crippen molar-refractivity contribution in [3.63, 3.8) is 0 Å². The van der Waals surface area contributed by atoms with Crippen molar-refractivity contribution in [2.24, 2.45) is 0 Å². The topological polar surface area (TPSA) is 101 Å². The highest BCUT2D eigenvalue weighted by Crippen LogP contribution is 2.47. The molecular weight excluding hydrogens is 744 g/mol. The summed E-state index contributed by atoms with van der Waals surface area (Å²) >= 11 is 13.8. The molecular formula is C26H30Br4O7. The van der Waals surface area contributed by atoms with E-state index < -0.39 is 5.97 Å². The summed E-state index contributed by atoms with van der Waals surface area (Å²) in [6.45, 7) is 10.8. The molecule has 2 aromatic rings. The SMILES string of the molecule is C(OCC1CO1)C1CO1.CC(C)(c1ccc(O)cc1)c1c(Br)cc(OBr)c(Br)c1Br.CC=C(C)C(=O)O. The van der Waals surface area contributed by atoms with Crippen molar-refractivity contribution in [2.75, 3.05) is 26.4 Å². The second-order valence-corrected chi connectivity index (χ2v) is 11.6. The van der Waals surface area contributed by atoms with E-state index in [-0.39, 0.29) is 11.2 Å². The molecule has 204 valence electrons. The van der Waals surface area contributed by atoms with Gasteiger partial charge in [0.05, 0.1) is 30.9 Å². The molecule has 2 saturated heterocycles. The summed E-state index contributed by atoms with van der Waals surface area (Å²) in [5.74, 6) is 0.0957. The average Bonchev–Trinajstić information content (AvgIpc) is 3.78. The predicted octanol–water partition coefficient (Wildman–Crippen LogP) is 7.53. The van der Waals surface area contributed by atoms with E-state index in [0.717, 1.165) is 51.0 Å². The van der Waals surface area contributed by atoms with E-state index in [1.54, 1.807) is 32.1 Å². The molecule has 2 aliphatic heterocycles. The van der Waals surface area contributed by atoms with Gasteiger partial charge >= 0.3 is 5.97 Å². The lowest BCUT2D eigenvalue weighted by molar-refractivity contribution is -0.132. The van der Waals surface area contributed by atoms with Crippen LogP contribution in [0.4, 0.5) is 0 Å². The highest BCUT2D eigenvalue weighted by Gasteiger charge is 2.30. The maximum absolute atomic E-state index is 9.86. The van der Waals surface area contributed by atoms with Gasteiger partial charge in [-0.05, 0) is 75.0 Å². The number of hydrogen-bond donors (Lipinski definition) is 2. The summed E-state index contributed by atoms with van der Waals surface area (Å²) in [4.78, 5) is 9.86. The molecule has 2 aliphatic rings. The first-order chi connectivity index (χ1) is 17.4. The van der Waals surface area contributed by atoms with Crippen molar-refractivity contribution >= 4 is 70.0 Å². The maximum Gasteiger partial charge on any atom is 0.330 e. The molecule has 2 fully saturated rings. The minimum absolute atomic E-state index is 0.261. The van der Waals surface area contributed by atoms with Crippen LogP contribution in [-0.4, -0.2) is 54.8 Å². The summed E-state index contributed by atoms with van der Waals surface area (Å²) < 4.78 is 23.0. The molecule has 37 heavy (non-hydrogen) atoms. The van der Waals surface area contributed by atoms with Gasteiger partial charge in [-0.1, -0.05) is 48.0 Å². The predicted molar refractivity (Wildman–Crippen MR) is 157 cm³/mol. The first kappa shape index (κ1) is 32.3. The number of rotatable bonds is 8. The van der Waals surface area contributed by atoms with Gasteiger partial charge in [-0.25, -0.2) is 4.79 Å². The van der Waals surface area contributed by atoms with Crippen molar-refractivity contribution in [2.45, 2.75) is 45.3 Å². The molecule has 0 spiro atoms. The Morgan fingerprint density at radius 3 is 1.97 bits per heavy atom. The van der Waals surface area contributed by atoms with Crippen LogP contribution < -0.4 is 3.83 Å². The molecule has 0 aromatic heterocycles. The zero-order valence-electron chi connectivity index (χ0n) is 20.9. The molecule has 2 N–H and O–H groups in total. The Hall–Kier alpha value is -0.950. The number of allylic oxidation sites excluding steroid dienone is 1. The van der Waals surface area contributed by atoms with Crippen molar-refractivity contribution in [3.05, 3.63) is 66.5 Å². The van der Waals surface area contributed by atoms with Crippen molar-refractivity contribution < 1.29 is 33.0 Å². The number of epoxide rings is 2. The van der Waals surface area contributed by atoms with E-state index in [1.807, 2.05) is 18.2 Å². The number of carboxylic acids is 1. The molecule has 4 rings (SSSR count). The molecule has 0 aliphatic carbocycles. The van der Waals surface area contributed by atoms with Gasteiger partial charge in [0.1, 0.15) is 18.0 Å². The summed E-state index contributed by atoms with van der Waals surface area (Å²) in [5.41, 5.74) is 2.31. The normalized spacial score (nSPS) is 18.1. The number of halogens is 4. The number of hydrogen-bond acceptors (Lipinski definition) is 6. The highest BCUT2D eigenvalue weighted by atomic mass is 79.9. The monoisotopic (exact) mass is 770 g/mol. The number of aliphatic carboxylic acids is 1. The van der Waals surface area contributed by atoms with Gasteiger partial charge in [-0.15, -0.1) is 0 Å². The number of benzene rings is 2. The van der Waals surface area contributed by atoms with Gasteiger partial charge in [0.25, 0.3) is 0 Å². The van der Waals surface area contributed by atoms with Gasteiger partial charge in [0.15, 0.2) is 22.0 Å². The number of phenols is 1. The Bertz CT molecular complexity index is 1070. The molecule has 2 heterocycles. The van der Waals surface area contributed by atoms with Gasteiger partial charge in [-0.2, -0.15) is 0 Å². The Kier molecular flexibility index (Phi) is 13.1. The molecule has 2 unspecified atom stereocenters. The Morgan fingerprint density at radius 1 is 1.08 bits per heavy atom. The molecule has 7 nitrogen and oxygen atoms in total. The highest BCUT2D eigenvalue weighted by molar-refractivity contribution is 9.13. The average molecular weight is 774 g/mol. The summed E-state index contributed by atoms with van der Waals surface area (Å²) in [7, 11) is 0. The van der Waals surface area contributed by atoms with E-state index in [0.29, 0.717) is 23.5 Å². The fourth-order valence-electron chi connectivity index (χ4n) is 3.01. The minimum Gasteiger partial charge on any atom is -0.508 e. The fourth-order valence-corrected chi connectivity index (χ4v) is 5.95. The number of ether oxygens (including phenoxy) is 3. The van der Waals surface area contributed by atoms with Crippen molar-refractivity contribution in [1.29, 1.82) is 0 Å². The third-order valence-electron chi connectivity index (χ3n) is 5.60. The molecule has 2 atom stereocenters. The number of phenolic OH excluding ortho intramolecular Hbond substituents is 1. The summed E-state index contributed by atoms with van der Waals surface area (Å²) in [5, 5.41) is 17.6. The van der Waals surface area contributed by atoms with Gasteiger partial charge in [-0.3, -0.25) is 0 Å². The van der Waals surface area contributed by atoms with Gasteiger partial charge < -0.3 is 28.3 Å². The van der Waals surface area contributed by atoms with Crippen LogP contribution in [0.15, 0.2) is 55.4 Å². The van der Waals surface area contributed by atoms with Crippen LogP contribution in [0.1, 0.15) is 38.8 Å². The van der Waals surface area contributed by atoms with Gasteiger partial charge in [0.2, 0.25) is 0 Å². The second kappa shape index (κ2) is 15.0. The van der Waals surface area contributed by atoms with E-state index >= 15 is 0 Å². The number of aromatic hydroxyl groups is 1. The van der Waals surface area contributed by atoms with Crippen molar-refractivity contribution in [1.82, 2.24) is 0 Å². The standard InChI is InChI=1S/C15H12Br4O2.C6H10O3.C5H8O2/c1-15(2,8-3-5-9(20)6-4-8)12-10(16)7-11(21-19)13(17)14(12)18;1(5-3-8-5)7-2-6-4-9-6;1-3-4(2)5(6)7/h3-7,20H,1-2H3;5-6H,1-4H2;3H,1-2H3,(H,6,7). The maximum atomic E-state index is 9.86. The fraction of sp³-hybridized carbons (Fsp3) is 0.423. The zero-order chi connectivity index (χ0) is 27.8. The lowest BCUT2D eigenvalue weighted by atomic mass is 9.78. The van der Waals surface area contributed by atoms with E-state index in [1.165, 1.54) is 0 Å². The number of carbonyl (C=O) groups is 1. The zero-order valence-corrected chi connectivity index (χ0v) is 27.2. The minimum atomic E-state index is -0.845. The molecule has 11 heteroatoms. The molecule has 2 aromatic carbocycles. The summed E-state index contributed by atoms with van der Waals surface area (Å²) in [6, 6.07) is 9.16. The van der Waals surface area contributed by atoms with Crippen LogP contribution in [-0.2, 0) is 24.4 Å². The third-order valence-corrected chi connectivity index (χ3v) is 8.69. The third kappa shape index (κ3) is 10.3. The smallest absolute Gasteiger partial charge is 0.330 e. The van der Waals surface area contributed by atoms with Gasteiger partial charge in [0, 0.05) is 19.9 Å².